The largest absolute Gasteiger partial charge is 0.370 e. The van der Waals surface area contributed by atoms with Crippen LogP contribution in [0.5, 0.6) is 0 Å². The highest BCUT2D eigenvalue weighted by Crippen LogP contribution is 2.32. The first-order chi connectivity index (χ1) is 10.6. The fraction of sp³-hybridized carbons (Fsp3) is 0.462. The smallest absolute Gasteiger partial charge is 0.242 e. The number of ether oxygens (including phenoxy) is 1. The van der Waals surface area contributed by atoms with E-state index in [1.807, 2.05) is 0 Å². The predicted molar refractivity (Wildman–Crippen MR) is 79.8 cm³/mol. The maximum absolute atomic E-state index is 13.7. The third-order valence-electron chi connectivity index (χ3n) is 3.70. The summed E-state index contributed by atoms with van der Waals surface area (Å²) in [6.07, 6.45) is -0.473. The summed E-state index contributed by atoms with van der Waals surface area (Å²) in [5, 5.41) is 0.290. The van der Waals surface area contributed by atoms with Crippen molar-refractivity contribution in [3.8, 4) is 0 Å². The van der Waals surface area contributed by atoms with Gasteiger partial charge < -0.3 is 9.64 Å². The van der Waals surface area contributed by atoms with Crippen LogP contribution in [0.15, 0.2) is 12.1 Å². The van der Waals surface area contributed by atoms with Crippen LogP contribution in [-0.2, 0) is 9.53 Å². The lowest BCUT2D eigenvalue weighted by Crippen LogP contribution is -2.51. The van der Waals surface area contributed by atoms with Crippen LogP contribution in [0.2, 0.25) is 10.0 Å². The van der Waals surface area contributed by atoms with Gasteiger partial charge in [-0.05, 0) is 12.1 Å². The molecule has 2 fully saturated rings. The summed E-state index contributed by atoms with van der Waals surface area (Å²) in [6, 6.07) is 2.28. The minimum absolute atomic E-state index is 0.0372. The molecule has 2 saturated heterocycles. The van der Waals surface area contributed by atoms with E-state index in [0.29, 0.717) is 36.8 Å². The molecule has 2 aliphatic heterocycles. The minimum atomic E-state index is -0.557. The predicted octanol–water partition coefficient (Wildman–Crippen LogP) is 1.01. The fourth-order valence-electron chi connectivity index (χ4n) is 2.53. The van der Waals surface area contributed by atoms with Crippen LogP contribution in [0.1, 0.15) is 11.7 Å². The van der Waals surface area contributed by atoms with E-state index in [2.05, 4.69) is 16.4 Å². The summed E-state index contributed by atoms with van der Waals surface area (Å²) in [5.74, 6) is -0.602. The molecule has 3 N–H and O–H groups in total. The van der Waals surface area contributed by atoms with Crippen molar-refractivity contribution in [3.63, 3.8) is 0 Å². The molecule has 6 nitrogen and oxygen atoms in total. The zero-order valence-corrected chi connectivity index (χ0v) is 13.0. The Morgan fingerprint density at radius 1 is 1.36 bits per heavy atom. The molecule has 1 amide bonds. The van der Waals surface area contributed by atoms with Gasteiger partial charge in [0, 0.05) is 23.7 Å². The van der Waals surface area contributed by atoms with Crippen LogP contribution in [0.4, 0.5) is 4.39 Å². The standard InChI is InChI=1S/C13H15Cl2FN4O2/c14-8-4-9(15)10(16)3-7(8)12-6-20(1-2-22-12)13(21)11-5-17-19-18-11/h3-4,11-12,17-19H,1-2,5-6H2. The summed E-state index contributed by atoms with van der Waals surface area (Å²) < 4.78 is 19.3. The van der Waals surface area contributed by atoms with E-state index in [1.165, 1.54) is 12.1 Å². The number of halogens is 3. The maximum atomic E-state index is 13.7. The van der Waals surface area contributed by atoms with Crippen molar-refractivity contribution in [2.45, 2.75) is 12.1 Å². The number of hydrazine groups is 2. The Hall–Kier alpha value is -0.960. The molecule has 0 radical (unpaired) electrons. The van der Waals surface area contributed by atoms with Crippen molar-refractivity contribution >= 4 is 29.1 Å². The SMILES string of the molecule is O=C(C1CNNN1)N1CCOC(c2cc(F)c(Cl)cc2Cl)C1. The van der Waals surface area contributed by atoms with Crippen LogP contribution in [-0.4, -0.2) is 43.1 Å². The first-order valence-corrected chi connectivity index (χ1v) is 7.60. The van der Waals surface area contributed by atoms with Crippen LogP contribution in [0.3, 0.4) is 0 Å². The van der Waals surface area contributed by atoms with E-state index in [0.717, 1.165) is 0 Å². The number of nitrogens with zero attached hydrogens (tertiary/aromatic N) is 1. The van der Waals surface area contributed by atoms with Crippen molar-refractivity contribution in [2.24, 2.45) is 0 Å². The van der Waals surface area contributed by atoms with Crippen LogP contribution in [0, 0.1) is 5.82 Å². The first kappa shape index (κ1) is 15.9. The topological polar surface area (TPSA) is 65.6 Å². The Kier molecular flexibility index (Phi) is 4.82. The number of hydrogen-bond acceptors (Lipinski definition) is 5. The number of morpholine rings is 1. The second kappa shape index (κ2) is 6.66. The molecule has 9 heteroatoms. The zero-order valence-electron chi connectivity index (χ0n) is 11.5. The molecule has 22 heavy (non-hydrogen) atoms. The molecular weight excluding hydrogens is 334 g/mol. The fourth-order valence-corrected chi connectivity index (χ4v) is 3.04. The number of amides is 1. The lowest BCUT2D eigenvalue weighted by Gasteiger charge is -2.34. The lowest BCUT2D eigenvalue weighted by molar-refractivity contribution is -0.140. The number of carbonyl (C=O) groups excluding carboxylic acids is 1. The molecule has 2 atom stereocenters. The lowest BCUT2D eigenvalue weighted by atomic mass is 10.1. The first-order valence-electron chi connectivity index (χ1n) is 6.84. The normalized spacial score (nSPS) is 25.5. The number of nitrogens with one attached hydrogen (secondary N) is 3. The average Bonchev–Trinajstić information content (AvgIpc) is 3.04. The van der Waals surface area contributed by atoms with E-state index in [4.69, 9.17) is 27.9 Å². The molecule has 2 heterocycles. The Bertz CT molecular complexity index is 583. The van der Waals surface area contributed by atoms with E-state index in [-0.39, 0.29) is 17.0 Å². The van der Waals surface area contributed by atoms with Gasteiger partial charge in [-0.1, -0.05) is 23.2 Å². The summed E-state index contributed by atoms with van der Waals surface area (Å²) in [5.41, 5.74) is 8.86. The van der Waals surface area contributed by atoms with Crippen LogP contribution in [0.25, 0.3) is 0 Å². The maximum Gasteiger partial charge on any atom is 0.242 e. The Balaban J connectivity index is 1.75. The van der Waals surface area contributed by atoms with Crippen molar-refractivity contribution in [2.75, 3.05) is 26.2 Å². The van der Waals surface area contributed by atoms with Gasteiger partial charge in [0.05, 0.1) is 18.2 Å². The molecule has 0 saturated carbocycles. The van der Waals surface area contributed by atoms with Crippen LogP contribution >= 0.6 is 23.2 Å². The van der Waals surface area contributed by atoms with E-state index < -0.39 is 11.9 Å². The highest BCUT2D eigenvalue weighted by molar-refractivity contribution is 6.35. The van der Waals surface area contributed by atoms with Gasteiger partial charge in [0.25, 0.3) is 0 Å². The number of rotatable bonds is 2. The molecule has 0 spiro atoms. The Labute approximate surface area is 136 Å². The molecule has 3 rings (SSSR count). The Morgan fingerprint density at radius 2 is 2.18 bits per heavy atom. The van der Waals surface area contributed by atoms with Gasteiger partial charge in [-0.25, -0.2) is 15.2 Å². The molecule has 1 aromatic carbocycles. The molecule has 0 aliphatic carbocycles. The molecule has 0 bridgehead atoms. The van der Waals surface area contributed by atoms with Gasteiger partial charge >= 0.3 is 0 Å². The van der Waals surface area contributed by atoms with Gasteiger partial charge in [-0.3, -0.25) is 4.79 Å². The van der Waals surface area contributed by atoms with E-state index in [1.54, 1.807) is 4.90 Å². The van der Waals surface area contributed by atoms with Gasteiger partial charge in [-0.2, -0.15) is 5.53 Å². The molecule has 120 valence electrons. The molecular formula is C13H15Cl2FN4O2. The quantitative estimate of drug-likeness (QED) is 0.696. The van der Waals surface area contributed by atoms with Crippen molar-refractivity contribution < 1.29 is 13.9 Å². The molecule has 2 aliphatic rings. The minimum Gasteiger partial charge on any atom is -0.370 e. The number of hydrogen-bond donors (Lipinski definition) is 3. The monoisotopic (exact) mass is 348 g/mol. The van der Waals surface area contributed by atoms with Crippen molar-refractivity contribution in [3.05, 3.63) is 33.6 Å². The van der Waals surface area contributed by atoms with Crippen molar-refractivity contribution in [1.29, 1.82) is 0 Å². The van der Waals surface area contributed by atoms with Crippen LogP contribution < -0.4 is 16.4 Å². The second-order valence-corrected chi connectivity index (χ2v) is 5.95. The van der Waals surface area contributed by atoms with E-state index in [9.17, 15) is 9.18 Å². The molecule has 1 aromatic rings. The average molecular weight is 349 g/mol. The van der Waals surface area contributed by atoms with E-state index >= 15 is 0 Å². The summed E-state index contributed by atoms with van der Waals surface area (Å²) in [7, 11) is 0. The second-order valence-electron chi connectivity index (χ2n) is 5.13. The van der Waals surface area contributed by atoms with Gasteiger partial charge in [0.15, 0.2) is 0 Å². The third kappa shape index (κ3) is 3.19. The summed E-state index contributed by atoms with van der Waals surface area (Å²) in [4.78, 5) is 14.1. The molecule has 2 unspecified atom stereocenters. The summed E-state index contributed by atoms with van der Waals surface area (Å²) in [6.45, 7) is 1.67. The van der Waals surface area contributed by atoms with Gasteiger partial charge in [-0.15, -0.1) is 0 Å². The summed E-state index contributed by atoms with van der Waals surface area (Å²) >= 11 is 11.8. The molecule has 0 aromatic heterocycles. The number of carbonyl (C=O) groups is 1. The Morgan fingerprint density at radius 3 is 2.91 bits per heavy atom. The van der Waals surface area contributed by atoms with Gasteiger partial charge in [0.1, 0.15) is 18.0 Å². The third-order valence-corrected chi connectivity index (χ3v) is 4.32. The highest BCUT2D eigenvalue weighted by Gasteiger charge is 2.32. The number of benzene rings is 1. The highest BCUT2D eigenvalue weighted by atomic mass is 35.5. The van der Waals surface area contributed by atoms with Crippen molar-refractivity contribution in [1.82, 2.24) is 21.3 Å². The zero-order chi connectivity index (χ0) is 15.7. The van der Waals surface area contributed by atoms with Gasteiger partial charge in [0.2, 0.25) is 5.91 Å².